The third-order valence-electron chi connectivity index (χ3n) is 2.06. The van der Waals surface area contributed by atoms with Gasteiger partial charge in [0.2, 0.25) is 0 Å². The van der Waals surface area contributed by atoms with Crippen LogP contribution >= 0.6 is 0 Å². The van der Waals surface area contributed by atoms with Crippen molar-refractivity contribution in [1.82, 2.24) is 10.1 Å². The molecule has 0 radical (unpaired) electrons. The first-order valence-corrected chi connectivity index (χ1v) is 4.77. The highest BCUT2D eigenvalue weighted by atomic mass is 16.5. The highest BCUT2D eigenvalue weighted by Crippen LogP contribution is 2.17. The summed E-state index contributed by atoms with van der Waals surface area (Å²) in [5.74, 6) is 0.870. The zero-order valence-corrected chi connectivity index (χ0v) is 8.42. The Morgan fingerprint density at radius 1 is 1.31 bits per heavy atom. The van der Waals surface area contributed by atoms with Crippen LogP contribution in [0.2, 0.25) is 0 Å². The molecule has 16 heavy (non-hydrogen) atoms. The minimum Gasteiger partial charge on any atom is -0.396 e. The Morgan fingerprint density at radius 2 is 2.06 bits per heavy atom. The highest BCUT2D eigenvalue weighted by molar-refractivity contribution is 5.54. The normalized spacial score (nSPS) is 10.0. The second-order valence-corrected chi connectivity index (χ2v) is 3.18. The van der Waals surface area contributed by atoms with Crippen LogP contribution in [-0.4, -0.2) is 21.9 Å². The maximum absolute atomic E-state index is 8.71. The first kappa shape index (κ1) is 10.3. The first-order valence-electron chi connectivity index (χ1n) is 4.77. The van der Waals surface area contributed by atoms with Gasteiger partial charge in [-0.1, -0.05) is 5.16 Å². The van der Waals surface area contributed by atoms with Crippen molar-refractivity contribution in [2.24, 2.45) is 0 Å². The molecule has 1 heterocycles. The Bertz CT molecular complexity index is 511. The van der Waals surface area contributed by atoms with Crippen molar-refractivity contribution >= 4 is 0 Å². The van der Waals surface area contributed by atoms with Crippen molar-refractivity contribution < 1.29 is 9.63 Å². The maximum Gasteiger partial charge on any atom is 0.257 e. The number of hydrogen-bond acceptors (Lipinski definition) is 5. The van der Waals surface area contributed by atoms with E-state index in [-0.39, 0.29) is 6.61 Å². The topological polar surface area (TPSA) is 82.9 Å². The highest BCUT2D eigenvalue weighted by Gasteiger charge is 2.07. The number of aromatic nitrogens is 2. The molecule has 0 atom stereocenters. The van der Waals surface area contributed by atoms with E-state index >= 15 is 0 Å². The van der Waals surface area contributed by atoms with E-state index in [1.807, 2.05) is 6.07 Å². The van der Waals surface area contributed by atoms with Gasteiger partial charge >= 0.3 is 0 Å². The van der Waals surface area contributed by atoms with Crippen molar-refractivity contribution in [1.29, 1.82) is 5.26 Å². The first-order chi connectivity index (χ1) is 7.83. The van der Waals surface area contributed by atoms with E-state index in [0.29, 0.717) is 23.7 Å². The SMILES string of the molecule is N#Cc1ccc(-c2nc(CCO)no2)cc1. The number of nitriles is 1. The van der Waals surface area contributed by atoms with Crippen LogP contribution in [0.25, 0.3) is 11.5 Å². The van der Waals surface area contributed by atoms with Gasteiger partial charge in [0.05, 0.1) is 18.2 Å². The van der Waals surface area contributed by atoms with Crippen LogP contribution in [0.15, 0.2) is 28.8 Å². The van der Waals surface area contributed by atoms with E-state index in [2.05, 4.69) is 10.1 Å². The molecule has 0 bridgehead atoms. The summed E-state index contributed by atoms with van der Waals surface area (Å²) in [6, 6.07) is 8.89. The number of benzene rings is 1. The van der Waals surface area contributed by atoms with Crippen molar-refractivity contribution in [2.45, 2.75) is 6.42 Å². The smallest absolute Gasteiger partial charge is 0.257 e. The lowest BCUT2D eigenvalue weighted by Gasteiger charge is -1.92. The molecule has 0 saturated heterocycles. The van der Waals surface area contributed by atoms with Crippen LogP contribution in [0, 0.1) is 11.3 Å². The van der Waals surface area contributed by atoms with Gasteiger partial charge in [0.1, 0.15) is 0 Å². The van der Waals surface area contributed by atoms with Crippen LogP contribution in [-0.2, 0) is 6.42 Å². The lowest BCUT2D eigenvalue weighted by Crippen LogP contribution is -1.92. The Kier molecular flexibility index (Phi) is 2.94. The summed E-state index contributed by atoms with van der Waals surface area (Å²) in [5.41, 5.74) is 1.34. The molecule has 5 nitrogen and oxygen atoms in total. The molecule has 0 aliphatic carbocycles. The summed E-state index contributed by atoms with van der Waals surface area (Å²) in [6.45, 7) is -0.00760. The van der Waals surface area contributed by atoms with E-state index in [4.69, 9.17) is 14.9 Å². The van der Waals surface area contributed by atoms with Crippen LogP contribution in [0.4, 0.5) is 0 Å². The molecule has 0 aliphatic rings. The molecule has 0 unspecified atom stereocenters. The Hall–Kier alpha value is -2.19. The number of rotatable bonds is 3. The Morgan fingerprint density at radius 3 is 2.69 bits per heavy atom. The summed E-state index contributed by atoms with van der Waals surface area (Å²) in [6.07, 6.45) is 0.375. The third kappa shape index (κ3) is 2.07. The van der Waals surface area contributed by atoms with E-state index in [0.717, 1.165) is 5.56 Å². The lowest BCUT2D eigenvalue weighted by molar-refractivity contribution is 0.293. The predicted octanol–water partition coefficient (Wildman–Crippen LogP) is 1.14. The van der Waals surface area contributed by atoms with Gasteiger partial charge in [0.15, 0.2) is 5.82 Å². The van der Waals surface area contributed by atoms with Gasteiger partial charge in [-0.3, -0.25) is 0 Å². The lowest BCUT2D eigenvalue weighted by atomic mass is 10.1. The number of nitrogens with zero attached hydrogens (tertiary/aromatic N) is 3. The fourth-order valence-electron chi connectivity index (χ4n) is 1.26. The standard InChI is InChI=1S/C11H9N3O2/c12-7-8-1-3-9(4-2-8)11-13-10(5-6-15)14-16-11/h1-4,15H,5-6H2. The Labute approximate surface area is 92.0 Å². The Balaban J connectivity index is 2.25. The molecule has 1 aromatic heterocycles. The molecule has 1 N–H and O–H groups in total. The van der Waals surface area contributed by atoms with Gasteiger partial charge in [-0.05, 0) is 24.3 Å². The number of hydrogen-bond donors (Lipinski definition) is 1. The summed E-state index contributed by atoms with van der Waals surface area (Å²) in [7, 11) is 0. The van der Waals surface area contributed by atoms with Gasteiger partial charge in [0.25, 0.3) is 5.89 Å². The molecule has 1 aromatic carbocycles. The fourth-order valence-corrected chi connectivity index (χ4v) is 1.26. The second-order valence-electron chi connectivity index (χ2n) is 3.18. The van der Waals surface area contributed by atoms with Crippen molar-refractivity contribution in [3.63, 3.8) is 0 Å². The summed E-state index contributed by atoms with van der Waals surface area (Å²) >= 11 is 0. The number of aliphatic hydroxyl groups excluding tert-OH is 1. The van der Waals surface area contributed by atoms with Crippen molar-refractivity contribution in [2.75, 3.05) is 6.61 Å². The molecule has 0 amide bonds. The fraction of sp³-hybridized carbons (Fsp3) is 0.182. The van der Waals surface area contributed by atoms with E-state index in [1.54, 1.807) is 24.3 Å². The average molecular weight is 215 g/mol. The minimum absolute atomic E-state index is 0.00760. The second kappa shape index (κ2) is 4.55. The molecule has 2 aromatic rings. The van der Waals surface area contributed by atoms with Gasteiger partial charge in [0, 0.05) is 12.0 Å². The van der Waals surface area contributed by atoms with Crippen molar-refractivity contribution in [3.05, 3.63) is 35.7 Å². The summed E-state index contributed by atoms with van der Waals surface area (Å²) < 4.78 is 5.02. The van der Waals surface area contributed by atoms with Gasteiger partial charge in [-0.2, -0.15) is 10.2 Å². The van der Waals surface area contributed by atoms with Crippen LogP contribution in [0.3, 0.4) is 0 Å². The zero-order valence-electron chi connectivity index (χ0n) is 8.42. The average Bonchev–Trinajstić information content (AvgIpc) is 2.78. The predicted molar refractivity (Wildman–Crippen MR) is 55.2 cm³/mol. The van der Waals surface area contributed by atoms with Crippen LogP contribution < -0.4 is 0 Å². The molecule has 0 fully saturated rings. The molecule has 2 rings (SSSR count). The van der Waals surface area contributed by atoms with Gasteiger partial charge in [-0.15, -0.1) is 0 Å². The largest absolute Gasteiger partial charge is 0.396 e. The van der Waals surface area contributed by atoms with Gasteiger partial charge < -0.3 is 9.63 Å². The third-order valence-corrected chi connectivity index (χ3v) is 2.06. The minimum atomic E-state index is -0.00760. The molecule has 0 saturated carbocycles. The summed E-state index contributed by atoms with van der Waals surface area (Å²) in [4.78, 5) is 4.11. The van der Waals surface area contributed by atoms with E-state index < -0.39 is 0 Å². The zero-order chi connectivity index (χ0) is 11.4. The molecule has 5 heteroatoms. The van der Waals surface area contributed by atoms with Crippen LogP contribution in [0.5, 0.6) is 0 Å². The van der Waals surface area contributed by atoms with E-state index in [1.165, 1.54) is 0 Å². The van der Waals surface area contributed by atoms with Gasteiger partial charge in [-0.25, -0.2) is 0 Å². The molecular formula is C11H9N3O2. The van der Waals surface area contributed by atoms with E-state index in [9.17, 15) is 0 Å². The number of aliphatic hydroxyl groups is 1. The summed E-state index contributed by atoms with van der Waals surface area (Å²) in [5, 5.41) is 21.1. The maximum atomic E-state index is 8.71. The molecule has 80 valence electrons. The monoisotopic (exact) mass is 215 g/mol. The van der Waals surface area contributed by atoms with Crippen molar-refractivity contribution in [3.8, 4) is 17.5 Å². The molecule has 0 spiro atoms. The molecule has 0 aliphatic heterocycles. The van der Waals surface area contributed by atoms with Crippen LogP contribution in [0.1, 0.15) is 11.4 Å². The quantitative estimate of drug-likeness (QED) is 0.830. The molecular weight excluding hydrogens is 206 g/mol.